The molecule has 0 spiro atoms. The molecular formula is C29H30S3. The van der Waals surface area contributed by atoms with E-state index in [2.05, 4.69) is 103 Å². The number of benzene rings is 3. The maximum absolute atomic E-state index is 2.39. The van der Waals surface area contributed by atoms with Crippen LogP contribution in [-0.2, 0) is 6.42 Å². The number of fused-ring (bicyclic) bond motifs is 5. The lowest BCUT2D eigenvalue weighted by Crippen LogP contribution is -1.95. The van der Waals surface area contributed by atoms with E-state index in [9.17, 15) is 0 Å². The summed E-state index contributed by atoms with van der Waals surface area (Å²) < 4.78 is 0. The van der Waals surface area contributed by atoms with Crippen molar-refractivity contribution in [1.29, 1.82) is 0 Å². The van der Waals surface area contributed by atoms with Gasteiger partial charge in [0.2, 0.25) is 0 Å². The Morgan fingerprint density at radius 1 is 0.781 bits per heavy atom. The summed E-state index contributed by atoms with van der Waals surface area (Å²) in [6, 6.07) is 25.9. The molecule has 3 heteroatoms. The normalized spacial score (nSPS) is 23.1. The highest BCUT2D eigenvalue weighted by Gasteiger charge is 2.50. The molecule has 0 amide bonds. The lowest BCUT2D eigenvalue weighted by Gasteiger charge is -2.12. The fourth-order valence-electron chi connectivity index (χ4n) is 4.53. The Balaban J connectivity index is 0.000000117. The van der Waals surface area contributed by atoms with Gasteiger partial charge in [0, 0.05) is 27.6 Å². The summed E-state index contributed by atoms with van der Waals surface area (Å²) in [7, 11) is 0. The average molecular weight is 476 g/mol. The molecule has 0 saturated heterocycles. The molecule has 0 aromatic heterocycles. The van der Waals surface area contributed by atoms with Crippen molar-refractivity contribution < 1.29 is 1.43 Å². The van der Waals surface area contributed by atoms with Crippen LogP contribution in [0.3, 0.4) is 0 Å². The highest BCUT2D eigenvalue weighted by molar-refractivity contribution is 8.02. The topological polar surface area (TPSA) is 0 Å². The standard InChI is InChI=1S/C11H12S.2C9H8S.H2/c1-7-9-6-12-10-5-3-2-4-8(10)11(7)9;2*1-2-6-9-8(4-1)5-3-7-10-9;/h2-5,7,9,11H,6H2,1H3;1-4,6-7H,5H2;1-6H,7H2;1H/t7-,9?,11?;;;/m1.../s1/i;;;1+1. The van der Waals surface area contributed by atoms with E-state index in [1.54, 1.807) is 5.56 Å². The van der Waals surface area contributed by atoms with E-state index in [4.69, 9.17) is 0 Å². The molecule has 7 rings (SSSR count). The maximum atomic E-state index is 2.39. The van der Waals surface area contributed by atoms with Crippen molar-refractivity contribution in [1.82, 2.24) is 0 Å². The fourth-order valence-corrected chi connectivity index (χ4v) is 7.61. The average Bonchev–Trinajstić information content (AvgIpc) is 3.55. The smallest absolute Gasteiger partial charge is 0.0164 e. The molecule has 3 aromatic rings. The molecule has 0 bridgehead atoms. The number of rotatable bonds is 0. The van der Waals surface area contributed by atoms with Gasteiger partial charge in [0.15, 0.2) is 0 Å². The Kier molecular flexibility index (Phi) is 7.16. The molecule has 3 aliphatic heterocycles. The van der Waals surface area contributed by atoms with E-state index in [1.807, 2.05) is 35.3 Å². The van der Waals surface area contributed by atoms with Gasteiger partial charge in [-0.3, -0.25) is 0 Å². The predicted molar refractivity (Wildman–Crippen MR) is 146 cm³/mol. The second kappa shape index (κ2) is 10.4. The van der Waals surface area contributed by atoms with Gasteiger partial charge in [-0.2, -0.15) is 0 Å². The third-order valence-electron chi connectivity index (χ3n) is 6.42. The molecule has 32 heavy (non-hydrogen) atoms. The van der Waals surface area contributed by atoms with Crippen molar-refractivity contribution in [3.8, 4) is 0 Å². The monoisotopic (exact) mass is 475 g/mol. The zero-order valence-corrected chi connectivity index (χ0v) is 20.8. The van der Waals surface area contributed by atoms with Crippen molar-refractivity contribution >= 4 is 41.4 Å². The summed E-state index contributed by atoms with van der Waals surface area (Å²) in [5.74, 6) is 5.31. The minimum atomic E-state index is 0. The molecule has 4 aliphatic rings. The third-order valence-corrected chi connectivity index (χ3v) is 9.68. The first-order chi connectivity index (χ1) is 15.8. The Morgan fingerprint density at radius 2 is 1.53 bits per heavy atom. The van der Waals surface area contributed by atoms with Crippen LogP contribution in [0.2, 0.25) is 0 Å². The van der Waals surface area contributed by atoms with Gasteiger partial charge in [0.25, 0.3) is 0 Å². The predicted octanol–water partition coefficient (Wildman–Crippen LogP) is 9.04. The summed E-state index contributed by atoms with van der Waals surface area (Å²) in [5, 5.41) is 2.16. The summed E-state index contributed by atoms with van der Waals surface area (Å²) in [4.78, 5) is 4.35. The Morgan fingerprint density at radius 3 is 2.38 bits per heavy atom. The SMILES string of the molecule is C1=CSc2ccccc2C1.C1=Cc2ccccc2SC1.C[C@@H]1C2CSc3ccccc3C21.[2HH]. The molecule has 0 radical (unpaired) electrons. The van der Waals surface area contributed by atoms with Crippen LogP contribution < -0.4 is 0 Å². The summed E-state index contributed by atoms with van der Waals surface area (Å²) in [6.45, 7) is 2.39. The van der Waals surface area contributed by atoms with E-state index < -0.39 is 0 Å². The quantitative estimate of drug-likeness (QED) is 0.318. The fraction of sp³-hybridized carbons (Fsp3) is 0.241. The minimum absolute atomic E-state index is 0. The summed E-state index contributed by atoms with van der Waals surface area (Å²) in [6.07, 6.45) is 7.69. The molecule has 3 aromatic carbocycles. The second-order valence-corrected chi connectivity index (χ2v) is 11.5. The van der Waals surface area contributed by atoms with Crippen LogP contribution in [0.4, 0.5) is 0 Å². The van der Waals surface area contributed by atoms with E-state index >= 15 is 0 Å². The van der Waals surface area contributed by atoms with Crippen molar-refractivity contribution in [2.75, 3.05) is 11.5 Å². The number of thioether (sulfide) groups is 3. The molecule has 1 aliphatic carbocycles. The molecule has 1 fully saturated rings. The van der Waals surface area contributed by atoms with Gasteiger partial charge < -0.3 is 0 Å². The highest BCUT2D eigenvalue weighted by Crippen LogP contribution is 2.60. The Labute approximate surface area is 206 Å². The largest absolute Gasteiger partial charge is 0.126 e. The van der Waals surface area contributed by atoms with E-state index in [1.165, 1.54) is 31.6 Å². The molecule has 3 heterocycles. The van der Waals surface area contributed by atoms with Crippen molar-refractivity contribution in [2.45, 2.75) is 33.9 Å². The van der Waals surface area contributed by atoms with Gasteiger partial charge in [0.05, 0.1) is 0 Å². The minimum Gasteiger partial charge on any atom is -0.126 e. The first kappa shape index (κ1) is 22.0. The highest BCUT2D eigenvalue weighted by atomic mass is 32.2. The molecule has 2 unspecified atom stereocenters. The molecule has 0 nitrogen and oxygen atoms in total. The third kappa shape index (κ3) is 5.06. The van der Waals surface area contributed by atoms with Gasteiger partial charge in [-0.25, -0.2) is 0 Å². The van der Waals surface area contributed by atoms with E-state index in [0.717, 1.165) is 29.9 Å². The lowest BCUT2D eigenvalue weighted by atomic mass is 10.1. The first-order valence-electron chi connectivity index (χ1n) is 11.3. The lowest BCUT2D eigenvalue weighted by molar-refractivity contribution is 0.844. The number of allylic oxidation sites excluding steroid dienone is 1. The molecule has 164 valence electrons. The number of hydrogen-bond donors (Lipinski definition) is 0. The van der Waals surface area contributed by atoms with E-state index in [0.29, 0.717) is 0 Å². The maximum Gasteiger partial charge on any atom is 0.0164 e. The van der Waals surface area contributed by atoms with Gasteiger partial charge in [0.1, 0.15) is 0 Å². The van der Waals surface area contributed by atoms with Crippen molar-refractivity contribution in [2.24, 2.45) is 11.8 Å². The molecular weight excluding hydrogens is 445 g/mol. The van der Waals surface area contributed by atoms with Crippen LogP contribution >= 0.6 is 35.3 Å². The summed E-state index contributed by atoms with van der Waals surface area (Å²) >= 11 is 5.75. The Bertz CT molecular complexity index is 1110. The number of hydrogen-bond acceptors (Lipinski definition) is 3. The van der Waals surface area contributed by atoms with E-state index in [-0.39, 0.29) is 1.43 Å². The van der Waals surface area contributed by atoms with Crippen LogP contribution in [-0.4, -0.2) is 11.5 Å². The van der Waals surface area contributed by atoms with Gasteiger partial charge in [-0.05, 0) is 64.5 Å². The van der Waals surface area contributed by atoms with Crippen LogP contribution in [0.1, 0.15) is 31.0 Å². The van der Waals surface area contributed by atoms with Gasteiger partial charge >= 0.3 is 0 Å². The first-order valence-corrected chi connectivity index (χ1v) is 14.2. The second-order valence-electron chi connectivity index (χ2n) is 8.45. The van der Waals surface area contributed by atoms with Gasteiger partial charge in [-0.15, -0.1) is 23.5 Å². The van der Waals surface area contributed by atoms with Crippen LogP contribution in [0, 0.1) is 11.8 Å². The van der Waals surface area contributed by atoms with Crippen LogP contribution in [0.5, 0.6) is 0 Å². The molecule has 3 atom stereocenters. The van der Waals surface area contributed by atoms with Crippen molar-refractivity contribution in [3.05, 3.63) is 107 Å². The Hall–Kier alpha value is -1.81. The van der Waals surface area contributed by atoms with Gasteiger partial charge in [-0.1, -0.05) is 91.5 Å². The summed E-state index contributed by atoms with van der Waals surface area (Å²) in [5.41, 5.74) is 4.43. The van der Waals surface area contributed by atoms with Crippen molar-refractivity contribution in [3.63, 3.8) is 0 Å². The van der Waals surface area contributed by atoms with Crippen LogP contribution in [0.25, 0.3) is 6.08 Å². The zero-order chi connectivity index (χ0) is 21.8. The zero-order valence-electron chi connectivity index (χ0n) is 18.3. The van der Waals surface area contributed by atoms with Crippen LogP contribution in [0.15, 0.2) is 105 Å². The molecule has 1 saturated carbocycles. The molecule has 0 N–H and O–H groups in total.